The van der Waals surface area contributed by atoms with Gasteiger partial charge >= 0.3 is 0 Å². The van der Waals surface area contributed by atoms with Gasteiger partial charge < -0.3 is 5.32 Å². The molecule has 18 heavy (non-hydrogen) atoms. The van der Waals surface area contributed by atoms with Crippen molar-refractivity contribution in [2.45, 2.75) is 6.54 Å². The van der Waals surface area contributed by atoms with Crippen molar-refractivity contribution in [1.29, 1.82) is 0 Å². The normalized spacial score (nSPS) is 17.2. The van der Waals surface area contributed by atoms with Crippen molar-refractivity contribution in [3.63, 3.8) is 0 Å². The van der Waals surface area contributed by atoms with Crippen LogP contribution in [-0.2, 0) is 6.54 Å². The van der Waals surface area contributed by atoms with E-state index < -0.39 is 0 Å². The highest BCUT2D eigenvalue weighted by Crippen LogP contribution is 2.25. The monoisotopic (exact) mass is 261 g/mol. The fourth-order valence-corrected chi connectivity index (χ4v) is 2.64. The Morgan fingerprint density at radius 3 is 2.89 bits per heavy atom. The fraction of sp³-hybridized carbons (Fsp3) is 0.357. The van der Waals surface area contributed by atoms with Crippen molar-refractivity contribution in [3.05, 3.63) is 41.0 Å². The maximum Gasteiger partial charge on any atom is 0.0761 e. The van der Waals surface area contributed by atoms with Crippen LogP contribution in [0.1, 0.15) is 5.56 Å². The fourth-order valence-electron chi connectivity index (χ4n) is 2.42. The molecular formula is C14H16ClN3. The zero-order valence-electron chi connectivity index (χ0n) is 10.2. The van der Waals surface area contributed by atoms with Gasteiger partial charge in [-0.2, -0.15) is 0 Å². The third-order valence-corrected chi connectivity index (χ3v) is 3.77. The van der Waals surface area contributed by atoms with Crippen LogP contribution < -0.4 is 5.32 Å². The highest BCUT2D eigenvalue weighted by atomic mass is 35.5. The van der Waals surface area contributed by atoms with Gasteiger partial charge in [0.1, 0.15) is 0 Å². The second-order valence-electron chi connectivity index (χ2n) is 4.63. The van der Waals surface area contributed by atoms with E-state index in [1.807, 2.05) is 24.4 Å². The number of rotatable bonds is 2. The molecule has 0 bridgehead atoms. The predicted molar refractivity (Wildman–Crippen MR) is 74.9 cm³/mol. The van der Waals surface area contributed by atoms with Gasteiger partial charge in [-0.15, -0.1) is 0 Å². The number of aromatic nitrogens is 1. The molecule has 0 amide bonds. The third-order valence-electron chi connectivity index (χ3n) is 3.41. The Morgan fingerprint density at radius 2 is 2.06 bits per heavy atom. The van der Waals surface area contributed by atoms with Gasteiger partial charge in [-0.3, -0.25) is 9.88 Å². The molecule has 1 saturated heterocycles. The van der Waals surface area contributed by atoms with Crippen LogP contribution in [0.3, 0.4) is 0 Å². The summed E-state index contributed by atoms with van der Waals surface area (Å²) in [7, 11) is 0. The summed E-state index contributed by atoms with van der Waals surface area (Å²) < 4.78 is 0. The lowest BCUT2D eigenvalue weighted by molar-refractivity contribution is 0.234. The van der Waals surface area contributed by atoms with E-state index >= 15 is 0 Å². The molecule has 3 rings (SSSR count). The molecule has 2 heterocycles. The largest absolute Gasteiger partial charge is 0.314 e. The second-order valence-corrected chi connectivity index (χ2v) is 5.03. The van der Waals surface area contributed by atoms with E-state index in [9.17, 15) is 0 Å². The number of nitrogens with one attached hydrogen (secondary N) is 1. The summed E-state index contributed by atoms with van der Waals surface area (Å²) >= 11 is 6.34. The van der Waals surface area contributed by atoms with E-state index in [2.05, 4.69) is 21.3 Å². The minimum absolute atomic E-state index is 0.819. The summed E-state index contributed by atoms with van der Waals surface area (Å²) in [6.45, 7) is 5.12. The molecule has 1 aromatic heterocycles. The lowest BCUT2D eigenvalue weighted by Crippen LogP contribution is -2.42. The van der Waals surface area contributed by atoms with Gasteiger partial charge in [0.15, 0.2) is 0 Å². The molecule has 4 heteroatoms. The van der Waals surface area contributed by atoms with Crippen molar-refractivity contribution in [1.82, 2.24) is 15.2 Å². The SMILES string of the molecule is Clc1ccc2cccnc2c1CN1CCNCC1. The zero-order valence-corrected chi connectivity index (χ0v) is 11.0. The molecule has 3 nitrogen and oxygen atoms in total. The Balaban J connectivity index is 1.96. The first-order chi connectivity index (χ1) is 8.84. The quantitative estimate of drug-likeness (QED) is 0.899. The van der Waals surface area contributed by atoms with E-state index in [1.54, 1.807) is 0 Å². The van der Waals surface area contributed by atoms with Gasteiger partial charge in [0, 0.05) is 54.9 Å². The summed E-state index contributed by atoms with van der Waals surface area (Å²) in [6.07, 6.45) is 1.83. The van der Waals surface area contributed by atoms with Crippen molar-refractivity contribution in [2.75, 3.05) is 26.2 Å². The Hall–Kier alpha value is -1.16. The minimum atomic E-state index is 0.819. The van der Waals surface area contributed by atoms with E-state index in [0.717, 1.165) is 54.2 Å². The maximum atomic E-state index is 6.34. The van der Waals surface area contributed by atoms with Gasteiger partial charge in [0.2, 0.25) is 0 Å². The molecule has 0 atom stereocenters. The summed E-state index contributed by atoms with van der Waals surface area (Å²) in [5.74, 6) is 0. The third kappa shape index (κ3) is 2.34. The number of nitrogens with zero attached hydrogens (tertiary/aromatic N) is 2. The molecule has 1 aromatic carbocycles. The molecule has 0 saturated carbocycles. The highest BCUT2D eigenvalue weighted by molar-refractivity contribution is 6.32. The Morgan fingerprint density at radius 1 is 1.22 bits per heavy atom. The van der Waals surface area contributed by atoms with Gasteiger partial charge in [-0.1, -0.05) is 23.7 Å². The summed E-state index contributed by atoms with van der Waals surface area (Å²) in [5, 5.41) is 5.34. The number of pyridine rings is 1. The van der Waals surface area contributed by atoms with Crippen molar-refractivity contribution in [3.8, 4) is 0 Å². The number of piperazine rings is 1. The van der Waals surface area contributed by atoms with Crippen LogP contribution in [0.15, 0.2) is 30.5 Å². The molecule has 0 unspecified atom stereocenters. The zero-order chi connectivity index (χ0) is 12.4. The van der Waals surface area contributed by atoms with E-state index in [-0.39, 0.29) is 0 Å². The van der Waals surface area contributed by atoms with Crippen LogP contribution in [0.5, 0.6) is 0 Å². The van der Waals surface area contributed by atoms with E-state index in [0.29, 0.717) is 0 Å². The molecule has 94 valence electrons. The summed E-state index contributed by atoms with van der Waals surface area (Å²) in [6, 6.07) is 8.06. The van der Waals surface area contributed by atoms with Crippen LogP contribution >= 0.6 is 11.6 Å². The highest BCUT2D eigenvalue weighted by Gasteiger charge is 2.14. The molecule has 0 aliphatic carbocycles. The first-order valence-corrected chi connectivity index (χ1v) is 6.67. The lowest BCUT2D eigenvalue weighted by atomic mass is 10.1. The maximum absolute atomic E-state index is 6.34. The Bertz CT molecular complexity index is 550. The minimum Gasteiger partial charge on any atom is -0.314 e. The van der Waals surface area contributed by atoms with E-state index in [4.69, 9.17) is 11.6 Å². The van der Waals surface area contributed by atoms with Crippen molar-refractivity contribution >= 4 is 22.5 Å². The van der Waals surface area contributed by atoms with Gasteiger partial charge in [-0.25, -0.2) is 0 Å². The van der Waals surface area contributed by atoms with Crippen LogP contribution in [0.2, 0.25) is 5.02 Å². The number of hydrogen-bond donors (Lipinski definition) is 1. The number of halogens is 1. The van der Waals surface area contributed by atoms with Crippen LogP contribution in [0, 0.1) is 0 Å². The topological polar surface area (TPSA) is 28.2 Å². The summed E-state index contributed by atoms with van der Waals surface area (Å²) in [4.78, 5) is 6.90. The van der Waals surface area contributed by atoms with Crippen molar-refractivity contribution in [2.24, 2.45) is 0 Å². The van der Waals surface area contributed by atoms with E-state index in [1.165, 1.54) is 0 Å². The standard InChI is InChI=1S/C14H16ClN3/c15-13-4-3-11-2-1-5-17-14(11)12(13)10-18-8-6-16-7-9-18/h1-5,16H,6-10H2. The first-order valence-electron chi connectivity index (χ1n) is 6.30. The number of fused-ring (bicyclic) bond motifs is 1. The molecule has 1 fully saturated rings. The second kappa shape index (κ2) is 5.22. The molecule has 2 aromatic rings. The van der Waals surface area contributed by atoms with Gasteiger partial charge in [0.25, 0.3) is 0 Å². The van der Waals surface area contributed by atoms with Gasteiger partial charge in [-0.05, 0) is 12.1 Å². The number of hydrogen-bond acceptors (Lipinski definition) is 3. The molecule has 1 aliphatic heterocycles. The predicted octanol–water partition coefficient (Wildman–Crippen LogP) is 2.29. The molecular weight excluding hydrogens is 246 g/mol. The smallest absolute Gasteiger partial charge is 0.0761 e. The van der Waals surface area contributed by atoms with Crippen LogP contribution in [-0.4, -0.2) is 36.1 Å². The number of benzene rings is 1. The average molecular weight is 262 g/mol. The lowest BCUT2D eigenvalue weighted by Gasteiger charge is -2.27. The molecule has 1 aliphatic rings. The summed E-state index contributed by atoms with van der Waals surface area (Å²) in [5.41, 5.74) is 2.18. The molecule has 0 radical (unpaired) electrons. The molecule has 1 N–H and O–H groups in total. The first kappa shape index (κ1) is 11.9. The van der Waals surface area contributed by atoms with Crippen LogP contribution in [0.4, 0.5) is 0 Å². The average Bonchev–Trinajstić information content (AvgIpc) is 2.43. The van der Waals surface area contributed by atoms with Crippen molar-refractivity contribution < 1.29 is 0 Å². The Labute approximate surface area is 112 Å². The molecule has 0 spiro atoms. The van der Waals surface area contributed by atoms with Gasteiger partial charge in [0.05, 0.1) is 5.52 Å². The Kier molecular flexibility index (Phi) is 3.46. The van der Waals surface area contributed by atoms with Crippen LogP contribution in [0.25, 0.3) is 10.9 Å².